The molecule has 2 aromatic carbocycles. The van der Waals surface area contributed by atoms with Gasteiger partial charge in [0.1, 0.15) is 0 Å². The van der Waals surface area contributed by atoms with E-state index < -0.39 is 10.9 Å². The van der Waals surface area contributed by atoms with Gasteiger partial charge in [-0.1, -0.05) is 13.3 Å². The number of nitrogens with zero attached hydrogens (tertiary/aromatic N) is 3. The molecular weight excluding hydrogens is 412 g/mol. The molecule has 1 aromatic heterocycles. The van der Waals surface area contributed by atoms with E-state index in [4.69, 9.17) is 4.74 Å². The minimum absolute atomic E-state index is 0.0497. The standard InChI is InChI=1S/C23H24N4O5/c1-4-6-20-21(15(3)24-17-9-7-16(8-10-17)23(29)32-5-2)22(28)26(25-20)18-11-13-19(14-12-18)27(30)31/h7-14,25H,4-6H2,1-3H3. The number of nitro benzene ring substituents is 1. The fraction of sp³-hybridized carbons (Fsp3) is 0.261. The number of ether oxygens (including phenoxy) is 1. The number of aromatic nitrogens is 2. The van der Waals surface area contributed by atoms with Crippen LogP contribution in [0.2, 0.25) is 0 Å². The van der Waals surface area contributed by atoms with Crippen molar-refractivity contribution in [3.05, 3.63) is 85.8 Å². The van der Waals surface area contributed by atoms with Crippen LogP contribution >= 0.6 is 0 Å². The summed E-state index contributed by atoms with van der Waals surface area (Å²) in [6.07, 6.45) is 1.45. The predicted molar refractivity (Wildman–Crippen MR) is 121 cm³/mol. The number of hydrogen-bond acceptors (Lipinski definition) is 6. The smallest absolute Gasteiger partial charge is 0.338 e. The van der Waals surface area contributed by atoms with Crippen LogP contribution < -0.4 is 5.56 Å². The van der Waals surface area contributed by atoms with Crippen molar-refractivity contribution in [2.45, 2.75) is 33.6 Å². The lowest BCUT2D eigenvalue weighted by Gasteiger charge is -2.03. The Balaban J connectivity index is 1.98. The zero-order valence-electron chi connectivity index (χ0n) is 18.1. The molecule has 0 bridgehead atoms. The minimum atomic E-state index is -0.487. The molecule has 166 valence electrons. The number of rotatable bonds is 8. The Bertz CT molecular complexity index is 1200. The van der Waals surface area contributed by atoms with Gasteiger partial charge in [0.15, 0.2) is 0 Å². The summed E-state index contributed by atoms with van der Waals surface area (Å²) in [5, 5.41) is 14.0. The van der Waals surface area contributed by atoms with Crippen molar-refractivity contribution in [1.82, 2.24) is 9.78 Å². The lowest BCUT2D eigenvalue weighted by Crippen LogP contribution is -2.19. The van der Waals surface area contributed by atoms with Gasteiger partial charge in [-0.3, -0.25) is 25.0 Å². The van der Waals surface area contributed by atoms with Crippen molar-refractivity contribution in [2.24, 2.45) is 4.99 Å². The topological polar surface area (TPSA) is 120 Å². The maximum absolute atomic E-state index is 13.2. The van der Waals surface area contributed by atoms with Gasteiger partial charge in [0.2, 0.25) is 0 Å². The molecule has 0 radical (unpaired) electrons. The van der Waals surface area contributed by atoms with Crippen molar-refractivity contribution in [1.29, 1.82) is 0 Å². The monoisotopic (exact) mass is 436 g/mol. The van der Waals surface area contributed by atoms with E-state index in [-0.39, 0.29) is 11.2 Å². The molecule has 0 atom stereocenters. The summed E-state index contributed by atoms with van der Waals surface area (Å²) in [5.41, 5.74) is 2.91. The molecular formula is C23H24N4O5. The first-order valence-corrected chi connectivity index (χ1v) is 10.3. The second-order valence-corrected chi connectivity index (χ2v) is 7.09. The highest BCUT2D eigenvalue weighted by molar-refractivity contribution is 6.01. The van der Waals surface area contributed by atoms with Crippen LogP contribution in [0.25, 0.3) is 5.69 Å². The van der Waals surface area contributed by atoms with E-state index in [1.54, 1.807) is 38.1 Å². The first kappa shape index (κ1) is 22.7. The molecule has 9 heteroatoms. The second kappa shape index (κ2) is 9.86. The molecule has 0 spiro atoms. The van der Waals surface area contributed by atoms with Crippen LogP contribution in [0.15, 0.2) is 58.3 Å². The van der Waals surface area contributed by atoms with E-state index in [0.29, 0.717) is 41.2 Å². The highest BCUT2D eigenvalue weighted by atomic mass is 16.6. The minimum Gasteiger partial charge on any atom is -0.462 e. The molecule has 0 amide bonds. The van der Waals surface area contributed by atoms with Gasteiger partial charge in [0, 0.05) is 17.8 Å². The maximum atomic E-state index is 13.2. The van der Waals surface area contributed by atoms with Crippen LogP contribution in [0.3, 0.4) is 0 Å². The number of aromatic amines is 1. The number of aryl methyl sites for hydroxylation is 1. The Morgan fingerprint density at radius 3 is 2.34 bits per heavy atom. The van der Waals surface area contributed by atoms with Crippen molar-refractivity contribution in [3.8, 4) is 5.69 Å². The molecule has 0 aliphatic carbocycles. The third-order valence-corrected chi connectivity index (χ3v) is 4.82. The molecule has 1 N–H and O–H groups in total. The SMILES string of the molecule is CCCc1[nH]n(-c2ccc([N+](=O)[O-])cc2)c(=O)c1C(C)=Nc1ccc(C(=O)OCC)cc1. The Kier molecular flexibility index (Phi) is 6.99. The summed E-state index contributed by atoms with van der Waals surface area (Å²) in [6, 6.07) is 12.4. The van der Waals surface area contributed by atoms with Crippen LogP contribution in [-0.2, 0) is 11.2 Å². The lowest BCUT2D eigenvalue weighted by atomic mass is 10.1. The van der Waals surface area contributed by atoms with Gasteiger partial charge in [0.05, 0.1) is 39.7 Å². The number of aliphatic imine (C=N–C) groups is 1. The first-order valence-electron chi connectivity index (χ1n) is 10.3. The number of hydrogen-bond donors (Lipinski definition) is 1. The third-order valence-electron chi connectivity index (χ3n) is 4.82. The number of nitrogens with one attached hydrogen (secondary N) is 1. The number of nitro groups is 1. The van der Waals surface area contributed by atoms with Gasteiger partial charge < -0.3 is 4.74 Å². The number of carbonyl (C=O) groups excluding carboxylic acids is 1. The molecule has 0 unspecified atom stereocenters. The normalized spacial score (nSPS) is 11.4. The first-order chi connectivity index (χ1) is 15.3. The predicted octanol–water partition coefficient (Wildman–Crippen LogP) is 4.34. The Morgan fingerprint density at radius 1 is 1.12 bits per heavy atom. The highest BCUT2D eigenvalue weighted by Gasteiger charge is 2.18. The highest BCUT2D eigenvalue weighted by Crippen LogP contribution is 2.18. The number of H-pyrrole nitrogens is 1. The van der Waals surface area contributed by atoms with Crippen molar-refractivity contribution in [2.75, 3.05) is 6.61 Å². The van der Waals surface area contributed by atoms with E-state index in [1.165, 1.54) is 28.9 Å². The van der Waals surface area contributed by atoms with Gasteiger partial charge in [-0.15, -0.1) is 0 Å². The average molecular weight is 436 g/mol. The molecule has 3 rings (SSSR count). The van der Waals surface area contributed by atoms with E-state index >= 15 is 0 Å². The fourth-order valence-corrected chi connectivity index (χ4v) is 3.33. The lowest BCUT2D eigenvalue weighted by molar-refractivity contribution is -0.384. The van der Waals surface area contributed by atoms with E-state index in [9.17, 15) is 19.7 Å². The molecule has 1 heterocycles. The van der Waals surface area contributed by atoms with Gasteiger partial charge in [-0.2, -0.15) is 0 Å². The molecule has 0 aliphatic rings. The number of non-ortho nitro benzene ring substituents is 1. The number of esters is 1. The van der Waals surface area contributed by atoms with E-state index in [1.807, 2.05) is 6.92 Å². The third kappa shape index (κ3) is 4.83. The summed E-state index contributed by atoms with van der Waals surface area (Å²) < 4.78 is 6.35. The van der Waals surface area contributed by atoms with Crippen LogP contribution in [0.1, 0.15) is 48.8 Å². The Hall–Kier alpha value is -4.01. The van der Waals surface area contributed by atoms with Crippen LogP contribution in [0, 0.1) is 10.1 Å². The Labute approximate surface area is 184 Å². The van der Waals surface area contributed by atoms with Crippen LogP contribution in [-0.4, -0.2) is 33.0 Å². The molecule has 0 saturated carbocycles. The summed E-state index contributed by atoms with van der Waals surface area (Å²) in [6.45, 7) is 5.80. The zero-order valence-corrected chi connectivity index (χ0v) is 18.1. The zero-order chi connectivity index (χ0) is 23.3. The largest absolute Gasteiger partial charge is 0.462 e. The van der Waals surface area contributed by atoms with Crippen LogP contribution in [0.4, 0.5) is 11.4 Å². The van der Waals surface area contributed by atoms with Crippen LogP contribution in [0.5, 0.6) is 0 Å². The number of benzene rings is 2. The number of carbonyl (C=O) groups is 1. The fourth-order valence-electron chi connectivity index (χ4n) is 3.33. The van der Waals surface area contributed by atoms with Gasteiger partial charge in [-0.05, 0) is 56.7 Å². The van der Waals surface area contributed by atoms with Crippen molar-refractivity contribution < 1.29 is 14.5 Å². The van der Waals surface area contributed by atoms with E-state index in [2.05, 4.69) is 10.1 Å². The maximum Gasteiger partial charge on any atom is 0.338 e. The second-order valence-electron chi connectivity index (χ2n) is 7.09. The van der Waals surface area contributed by atoms with Crippen molar-refractivity contribution >= 4 is 23.1 Å². The van der Waals surface area contributed by atoms with Crippen molar-refractivity contribution in [3.63, 3.8) is 0 Å². The summed E-state index contributed by atoms with van der Waals surface area (Å²) in [4.78, 5) is 40.0. The summed E-state index contributed by atoms with van der Waals surface area (Å²) in [5.74, 6) is -0.401. The van der Waals surface area contributed by atoms with Gasteiger partial charge in [-0.25, -0.2) is 9.48 Å². The van der Waals surface area contributed by atoms with Gasteiger partial charge >= 0.3 is 5.97 Å². The summed E-state index contributed by atoms with van der Waals surface area (Å²) in [7, 11) is 0. The van der Waals surface area contributed by atoms with Gasteiger partial charge in [0.25, 0.3) is 11.2 Å². The molecule has 0 saturated heterocycles. The molecule has 0 aliphatic heterocycles. The quantitative estimate of drug-likeness (QED) is 0.244. The Morgan fingerprint density at radius 2 is 1.78 bits per heavy atom. The molecule has 3 aromatic rings. The summed E-state index contributed by atoms with van der Waals surface area (Å²) >= 11 is 0. The molecule has 0 fully saturated rings. The molecule has 32 heavy (non-hydrogen) atoms. The molecule has 9 nitrogen and oxygen atoms in total. The average Bonchev–Trinajstić information content (AvgIpc) is 3.10. The van der Waals surface area contributed by atoms with E-state index in [0.717, 1.165) is 12.1 Å².